The van der Waals surface area contributed by atoms with E-state index in [9.17, 15) is 4.79 Å². The molecule has 0 fully saturated rings. The summed E-state index contributed by atoms with van der Waals surface area (Å²) in [7, 11) is 0. The highest BCUT2D eigenvalue weighted by Crippen LogP contribution is 2.35. The van der Waals surface area contributed by atoms with E-state index >= 15 is 0 Å². The first-order valence-electron chi connectivity index (χ1n) is 4.57. The van der Waals surface area contributed by atoms with Gasteiger partial charge in [-0.1, -0.05) is 25.1 Å². The van der Waals surface area contributed by atoms with Crippen molar-refractivity contribution in [2.75, 3.05) is 11.4 Å². The van der Waals surface area contributed by atoms with Gasteiger partial charge in [-0.15, -0.1) is 0 Å². The smallest absolute Gasteiger partial charge is 0.223 e. The number of anilines is 1. The number of carbonyl (C=O) groups is 1. The third-order valence-corrected chi connectivity index (χ3v) is 2.60. The second-order valence-corrected chi connectivity index (χ2v) is 3.59. The summed E-state index contributed by atoms with van der Waals surface area (Å²) in [5.74, 6) is 0.608. The molecule has 68 valence electrons. The van der Waals surface area contributed by atoms with Crippen LogP contribution in [-0.4, -0.2) is 12.5 Å². The van der Waals surface area contributed by atoms with Gasteiger partial charge in [-0.05, 0) is 11.6 Å². The molecule has 0 aliphatic carbocycles. The summed E-state index contributed by atoms with van der Waals surface area (Å²) < 4.78 is 0. The van der Waals surface area contributed by atoms with Crippen molar-refractivity contribution in [3.8, 4) is 0 Å². The summed E-state index contributed by atoms with van der Waals surface area (Å²) in [4.78, 5) is 13.1. The van der Waals surface area contributed by atoms with Crippen molar-refractivity contribution in [2.24, 2.45) is 0 Å². The van der Waals surface area contributed by atoms with Crippen LogP contribution in [0.5, 0.6) is 0 Å². The van der Waals surface area contributed by atoms with Crippen molar-refractivity contribution in [3.05, 3.63) is 29.8 Å². The Kier molecular flexibility index (Phi) is 1.83. The van der Waals surface area contributed by atoms with Crippen LogP contribution >= 0.6 is 0 Å². The standard InChI is InChI=1S/C11H13NO/c1-8-7-12(9(2)13)11-6-4-3-5-10(8)11/h3-6,8H,7H2,1-2H3/t8-/m0/s1. The zero-order valence-electron chi connectivity index (χ0n) is 7.95. The van der Waals surface area contributed by atoms with Crippen LogP contribution < -0.4 is 4.90 Å². The van der Waals surface area contributed by atoms with E-state index in [1.165, 1.54) is 5.56 Å². The first kappa shape index (κ1) is 8.30. The van der Waals surface area contributed by atoms with Crippen LogP contribution in [0.25, 0.3) is 0 Å². The number of nitrogens with zero attached hydrogens (tertiary/aromatic N) is 1. The zero-order valence-corrected chi connectivity index (χ0v) is 7.95. The minimum absolute atomic E-state index is 0.136. The van der Waals surface area contributed by atoms with Gasteiger partial charge in [0.1, 0.15) is 0 Å². The fraction of sp³-hybridized carbons (Fsp3) is 0.364. The fourth-order valence-corrected chi connectivity index (χ4v) is 1.92. The fourth-order valence-electron chi connectivity index (χ4n) is 1.92. The number of hydrogen-bond acceptors (Lipinski definition) is 1. The SMILES string of the molecule is CC(=O)N1C[C@H](C)c2ccccc21. The highest BCUT2D eigenvalue weighted by molar-refractivity contribution is 5.94. The van der Waals surface area contributed by atoms with Crippen molar-refractivity contribution in [1.29, 1.82) is 0 Å². The molecule has 0 saturated heterocycles. The highest BCUT2D eigenvalue weighted by atomic mass is 16.2. The molecule has 1 heterocycles. The number of benzene rings is 1. The second kappa shape index (κ2) is 2.87. The quantitative estimate of drug-likeness (QED) is 0.591. The Morgan fingerprint density at radius 1 is 1.46 bits per heavy atom. The summed E-state index contributed by atoms with van der Waals surface area (Å²) in [6, 6.07) is 8.12. The lowest BCUT2D eigenvalue weighted by molar-refractivity contribution is -0.116. The van der Waals surface area contributed by atoms with Gasteiger partial charge in [0.15, 0.2) is 0 Å². The first-order valence-corrected chi connectivity index (χ1v) is 4.57. The molecule has 0 unspecified atom stereocenters. The molecule has 0 saturated carbocycles. The van der Waals surface area contributed by atoms with Gasteiger partial charge in [-0.3, -0.25) is 4.79 Å². The predicted octanol–water partition coefficient (Wildman–Crippen LogP) is 2.16. The van der Waals surface area contributed by atoms with Gasteiger partial charge in [0, 0.05) is 25.1 Å². The van der Waals surface area contributed by atoms with Gasteiger partial charge in [0.2, 0.25) is 5.91 Å². The van der Waals surface area contributed by atoms with E-state index < -0.39 is 0 Å². The summed E-state index contributed by atoms with van der Waals surface area (Å²) in [6.07, 6.45) is 0. The van der Waals surface area contributed by atoms with E-state index in [4.69, 9.17) is 0 Å². The third kappa shape index (κ3) is 1.22. The molecule has 1 aliphatic heterocycles. The second-order valence-electron chi connectivity index (χ2n) is 3.59. The first-order chi connectivity index (χ1) is 6.20. The molecule has 1 amide bonds. The predicted molar refractivity (Wildman–Crippen MR) is 52.9 cm³/mol. The van der Waals surface area contributed by atoms with E-state index in [-0.39, 0.29) is 5.91 Å². The Hall–Kier alpha value is -1.31. The summed E-state index contributed by atoms with van der Waals surface area (Å²) in [5.41, 5.74) is 2.38. The molecule has 13 heavy (non-hydrogen) atoms. The zero-order chi connectivity index (χ0) is 9.42. The molecule has 2 rings (SSSR count). The van der Waals surface area contributed by atoms with Crippen LogP contribution in [-0.2, 0) is 4.79 Å². The molecule has 0 aromatic heterocycles. The van der Waals surface area contributed by atoms with E-state index in [1.807, 2.05) is 23.1 Å². The number of rotatable bonds is 0. The molecular weight excluding hydrogens is 162 g/mol. The van der Waals surface area contributed by atoms with Crippen molar-refractivity contribution < 1.29 is 4.79 Å². The van der Waals surface area contributed by atoms with Gasteiger partial charge in [0.25, 0.3) is 0 Å². The minimum atomic E-state index is 0.136. The molecule has 0 bridgehead atoms. The van der Waals surface area contributed by atoms with Gasteiger partial charge < -0.3 is 4.90 Å². The molecule has 1 aromatic carbocycles. The van der Waals surface area contributed by atoms with Crippen molar-refractivity contribution in [2.45, 2.75) is 19.8 Å². The molecule has 1 atom stereocenters. The maximum Gasteiger partial charge on any atom is 0.223 e. The average Bonchev–Trinajstić information content (AvgIpc) is 2.45. The molecule has 0 N–H and O–H groups in total. The number of fused-ring (bicyclic) bond motifs is 1. The lowest BCUT2D eigenvalue weighted by Gasteiger charge is -2.14. The Morgan fingerprint density at radius 2 is 2.15 bits per heavy atom. The normalized spacial score (nSPS) is 20.2. The molecule has 0 spiro atoms. The molecule has 2 nitrogen and oxygen atoms in total. The van der Waals surface area contributed by atoms with Crippen molar-refractivity contribution >= 4 is 11.6 Å². The molecular formula is C11H13NO. The summed E-state index contributed by atoms with van der Waals surface area (Å²) in [5, 5.41) is 0. The summed E-state index contributed by atoms with van der Waals surface area (Å²) in [6.45, 7) is 4.60. The molecule has 1 aromatic rings. The van der Waals surface area contributed by atoms with Gasteiger partial charge >= 0.3 is 0 Å². The van der Waals surface area contributed by atoms with Crippen LogP contribution in [0.3, 0.4) is 0 Å². The maximum atomic E-state index is 11.3. The molecule has 1 aliphatic rings. The number of carbonyl (C=O) groups excluding carboxylic acids is 1. The number of para-hydroxylation sites is 1. The van der Waals surface area contributed by atoms with Crippen LogP contribution in [0.1, 0.15) is 25.3 Å². The van der Waals surface area contributed by atoms with Crippen LogP contribution in [0.4, 0.5) is 5.69 Å². The van der Waals surface area contributed by atoms with Gasteiger partial charge in [-0.25, -0.2) is 0 Å². The Bertz CT molecular complexity index is 346. The number of amides is 1. The van der Waals surface area contributed by atoms with Gasteiger partial charge in [0.05, 0.1) is 0 Å². The Balaban J connectivity index is 2.47. The van der Waals surface area contributed by atoms with E-state index in [1.54, 1.807) is 6.92 Å². The van der Waals surface area contributed by atoms with Crippen LogP contribution in [0.15, 0.2) is 24.3 Å². The molecule has 0 radical (unpaired) electrons. The Morgan fingerprint density at radius 3 is 2.85 bits per heavy atom. The number of hydrogen-bond donors (Lipinski definition) is 0. The highest BCUT2D eigenvalue weighted by Gasteiger charge is 2.26. The maximum absolute atomic E-state index is 11.3. The van der Waals surface area contributed by atoms with E-state index in [0.29, 0.717) is 5.92 Å². The largest absolute Gasteiger partial charge is 0.312 e. The topological polar surface area (TPSA) is 20.3 Å². The van der Waals surface area contributed by atoms with Crippen molar-refractivity contribution in [1.82, 2.24) is 0 Å². The van der Waals surface area contributed by atoms with E-state index in [2.05, 4.69) is 13.0 Å². The van der Waals surface area contributed by atoms with Crippen LogP contribution in [0, 0.1) is 0 Å². The monoisotopic (exact) mass is 175 g/mol. The average molecular weight is 175 g/mol. The molecule has 2 heteroatoms. The van der Waals surface area contributed by atoms with Crippen molar-refractivity contribution in [3.63, 3.8) is 0 Å². The van der Waals surface area contributed by atoms with Crippen LogP contribution in [0.2, 0.25) is 0 Å². The minimum Gasteiger partial charge on any atom is -0.312 e. The Labute approximate surface area is 78.2 Å². The summed E-state index contributed by atoms with van der Waals surface area (Å²) >= 11 is 0. The van der Waals surface area contributed by atoms with Gasteiger partial charge in [-0.2, -0.15) is 0 Å². The lowest BCUT2D eigenvalue weighted by Crippen LogP contribution is -2.26. The third-order valence-electron chi connectivity index (χ3n) is 2.60. The van der Waals surface area contributed by atoms with E-state index in [0.717, 1.165) is 12.2 Å². The lowest BCUT2D eigenvalue weighted by atomic mass is 10.0.